The monoisotopic (exact) mass is 435 g/mol. The molecule has 2 aromatic carbocycles. The van der Waals surface area contributed by atoms with Gasteiger partial charge in [0.2, 0.25) is 5.91 Å². The van der Waals surface area contributed by atoms with Crippen molar-refractivity contribution in [2.45, 2.75) is 37.4 Å². The number of carbonyl (C=O) groups excluding carboxylic acids is 1. The second-order valence-electron chi connectivity index (χ2n) is 7.63. The first-order valence-corrected chi connectivity index (χ1v) is 12.4. The van der Waals surface area contributed by atoms with Gasteiger partial charge in [0.1, 0.15) is 0 Å². The molecular weight excluding hydrogens is 410 g/mol. The Morgan fingerprint density at radius 3 is 2.83 bits per heavy atom. The Kier molecular flexibility index (Phi) is 7.03. The zero-order valence-electron chi connectivity index (χ0n) is 16.8. The third kappa shape index (κ3) is 4.85. The van der Waals surface area contributed by atoms with Crippen LogP contribution in [0.15, 0.2) is 48.5 Å². The van der Waals surface area contributed by atoms with E-state index < -0.39 is 0 Å². The Hall–Kier alpha value is -2.36. The van der Waals surface area contributed by atoms with Crippen LogP contribution in [0, 0.1) is 17.2 Å². The molecule has 0 bridgehead atoms. The second kappa shape index (κ2) is 10.1. The van der Waals surface area contributed by atoms with Crippen LogP contribution in [0.2, 0.25) is 0 Å². The summed E-state index contributed by atoms with van der Waals surface area (Å²) in [6.07, 6.45) is 4.25. The van der Waals surface area contributed by atoms with Crippen molar-refractivity contribution in [1.82, 2.24) is 10.3 Å². The number of rotatable bonds is 7. The number of hydrogen-bond donors (Lipinski definition) is 1. The van der Waals surface area contributed by atoms with Gasteiger partial charge in [0.05, 0.1) is 26.9 Å². The third-order valence-corrected chi connectivity index (χ3v) is 7.85. The topological polar surface area (TPSA) is 65.8 Å². The Labute approximate surface area is 185 Å². The van der Waals surface area contributed by atoms with Crippen LogP contribution in [0.4, 0.5) is 0 Å². The molecule has 4 rings (SSSR count). The molecule has 30 heavy (non-hydrogen) atoms. The first-order valence-electron chi connectivity index (χ1n) is 10.4. The third-order valence-electron chi connectivity index (χ3n) is 5.67. The van der Waals surface area contributed by atoms with Gasteiger partial charge in [0, 0.05) is 29.9 Å². The largest absolute Gasteiger partial charge is 0.355 e. The SMILES string of the molecule is N#Cc1ccccc1CSCCNC(=O)[C@H]1CCCC[C@H]1c1nc2ccccc2s1. The maximum Gasteiger partial charge on any atom is 0.223 e. The number of fused-ring (bicyclic) bond motifs is 1. The van der Waals surface area contributed by atoms with Crippen LogP contribution in [0.3, 0.4) is 0 Å². The van der Waals surface area contributed by atoms with Crippen LogP contribution in [0.5, 0.6) is 0 Å². The summed E-state index contributed by atoms with van der Waals surface area (Å²) in [5.41, 5.74) is 2.82. The van der Waals surface area contributed by atoms with Crippen LogP contribution < -0.4 is 5.32 Å². The lowest BCUT2D eigenvalue weighted by Gasteiger charge is -2.29. The average Bonchev–Trinajstić information content (AvgIpc) is 3.23. The molecule has 1 fully saturated rings. The summed E-state index contributed by atoms with van der Waals surface area (Å²) in [7, 11) is 0. The highest BCUT2D eigenvalue weighted by molar-refractivity contribution is 7.98. The number of nitriles is 1. The highest BCUT2D eigenvalue weighted by Crippen LogP contribution is 2.40. The zero-order chi connectivity index (χ0) is 20.8. The molecule has 6 heteroatoms. The number of thiazole rings is 1. The van der Waals surface area contributed by atoms with Crippen LogP contribution in [0.1, 0.15) is 47.7 Å². The predicted molar refractivity (Wildman–Crippen MR) is 125 cm³/mol. The molecule has 0 unspecified atom stereocenters. The zero-order valence-corrected chi connectivity index (χ0v) is 18.5. The number of nitrogens with zero attached hydrogens (tertiary/aromatic N) is 2. The van der Waals surface area contributed by atoms with Gasteiger partial charge >= 0.3 is 0 Å². The normalized spacial score (nSPS) is 18.8. The molecule has 1 amide bonds. The summed E-state index contributed by atoms with van der Waals surface area (Å²) in [6, 6.07) is 18.2. The molecule has 1 aromatic heterocycles. The van der Waals surface area contributed by atoms with Crippen molar-refractivity contribution < 1.29 is 4.79 Å². The number of hydrogen-bond acceptors (Lipinski definition) is 5. The summed E-state index contributed by atoms with van der Waals surface area (Å²) < 4.78 is 1.20. The first-order chi connectivity index (χ1) is 14.8. The maximum absolute atomic E-state index is 12.9. The van der Waals surface area contributed by atoms with E-state index in [1.807, 2.05) is 36.4 Å². The molecule has 0 spiro atoms. The summed E-state index contributed by atoms with van der Waals surface area (Å²) in [4.78, 5) is 17.8. The molecule has 0 aliphatic heterocycles. The van der Waals surface area contributed by atoms with Gasteiger partial charge in [-0.2, -0.15) is 17.0 Å². The maximum atomic E-state index is 12.9. The van der Waals surface area contributed by atoms with Gasteiger partial charge in [0.15, 0.2) is 0 Å². The number of thioether (sulfide) groups is 1. The quantitative estimate of drug-likeness (QED) is 0.498. The Morgan fingerprint density at radius 1 is 1.17 bits per heavy atom. The van der Waals surface area contributed by atoms with Crippen molar-refractivity contribution in [3.05, 3.63) is 64.7 Å². The number of benzene rings is 2. The summed E-state index contributed by atoms with van der Waals surface area (Å²) in [5.74, 6) is 2.04. The van der Waals surface area contributed by atoms with Gasteiger partial charge in [-0.15, -0.1) is 11.3 Å². The Balaban J connectivity index is 1.31. The van der Waals surface area contributed by atoms with Crippen LogP contribution in [0.25, 0.3) is 10.2 Å². The average molecular weight is 436 g/mol. The van der Waals surface area contributed by atoms with Crippen molar-refractivity contribution in [2.75, 3.05) is 12.3 Å². The molecule has 1 N–H and O–H groups in total. The minimum Gasteiger partial charge on any atom is -0.355 e. The predicted octanol–water partition coefficient (Wildman–Crippen LogP) is 5.49. The molecule has 2 atom stereocenters. The molecule has 3 aromatic rings. The fourth-order valence-corrected chi connectivity index (χ4v) is 6.13. The lowest BCUT2D eigenvalue weighted by atomic mass is 9.79. The standard InChI is InChI=1S/C24H25N3OS2/c25-15-17-7-1-2-8-18(17)16-29-14-13-26-23(28)19-9-3-4-10-20(19)24-27-21-11-5-6-12-22(21)30-24/h1-2,5-8,11-12,19-20H,3-4,9-10,13-14,16H2,(H,26,28)/t19-,20+/m0/s1. The lowest BCUT2D eigenvalue weighted by Crippen LogP contribution is -2.37. The van der Waals surface area contributed by atoms with Gasteiger partial charge in [-0.1, -0.05) is 43.2 Å². The van der Waals surface area contributed by atoms with Gasteiger partial charge in [-0.05, 0) is 36.6 Å². The molecule has 1 saturated carbocycles. The van der Waals surface area contributed by atoms with E-state index in [1.165, 1.54) is 11.1 Å². The second-order valence-corrected chi connectivity index (χ2v) is 9.80. The fourth-order valence-electron chi connectivity index (χ4n) is 4.10. The first kappa shape index (κ1) is 20.9. The number of para-hydroxylation sites is 1. The van der Waals surface area contributed by atoms with Crippen LogP contribution in [-0.4, -0.2) is 23.2 Å². The molecule has 1 aliphatic rings. The summed E-state index contributed by atoms with van der Waals surface area (Å²) >= 11 is 3.48. The van der Waals surface area contributed by atoms with E-state index in [4.69, 9.17) is 4.98 Å². The highest BCUT2D eigenvalue weighted by Gasteiger charge is 2.33. The van der Waals surface area contributed by atoms with E-state index in [2.05, 4.69) is 23.5 Å². The van der Waals surface area contributed by atoms with Gasteiger partial charge in [0.25, 0.3) is 0 Å². The minimum atomic E-state index is 0.0172. The van der Waals surface area contributed by atoms with E-state index in [0.29, 0.717) is 6.54 Å². The molecule has 154 valence electrons. The smallest absolute Gasteiger partial charge is 0.223 e. The van der Waals surface area contributed by atoms with Crippen molar-refractivity contribution in [1.29, 1.82) is 5.26 Å². The summed E-state index contributed by atoms with van der Waals surface area (Å²) in [5, 5.41) is 13.4. The Bertz CT molecular complexity index is 1020. The van der Waals surface area contributed by atoms with Gasteiger partial charge in [-0.25, -0.2) is 4.98 Å². The van der Waals surface area contributed by atoms with Crippen molar-refractivity contribution >= 4 is 39.2 Å². The minimum absolute atomic E-state index is 0.0172. The van der Waals surface area contributed by atoms with Crippen LogP contribution >= 0.6 is 23.1 Å². The van der Waals surface area contributed by atoms with Crippen LogP contribution in [-0.2, 0) is 10.5 Å². The van der Waals surface area contributed by atoms with Crippen molar-refractivity contribution in [2.24, 2.45) is 5.92 Å². The van der Waals surface area contributed by atoms with Gasteiger partial charge in [-0.3, -0.25) is 4.79 Å². The molecule has 1 heterocycles. The number of nitrogens with one attached hydrogen (secondary N) is 1. The van der Waals surface area contributed by atoms with E-state index in [-0.39, 0.29) is 17.7 Å². The number of amides is 1. The van der Waals surface area contributed by atoms with Crippen molar-refractivity contribution in [3.63, 3.8) is 0 Å². The summed E-state index contributed by atoms with van der Waals surface area (Å²) in [6.45, 7) is 0.654. The van der Waals surface area contributed by atoms with Gasteiger partial charge < -0.3 is 5.32 Å². The van der Waals surface area contributed by atoms with Crippen molar-refractivity contribution in [3.8, 4) is 6.07 Å². The number of carbonyl (C=O) groups is 1. The molecular formula is C24H25N3OS2. The van der Waals surface area contributed by atoms with E-state index in [0.717, 1.165) is 52.4 Å². The Morgan fingerprint density at radius 2 is 1.97 bits per heavy atom. The number of aromatic nitrogens is 1. The van der Waals surface area contributed by atoms with E-state index in [9.17, 15) is 10.1 Å². The molecule has 1 aliphatic carbocycles. The van der Waals surface area contributed by atoms with E-state index >= 15 is 0 Å². The lowest BCUT2D eigenvalue weighted by molar-refractivity contribution is -0.126. The highest BCUT2D eigenvalue weighted by atomic mass is 32.2. The fraction of sp³-hybridized carbons (Fsp3) is 0.375. The molecule has 0 radical (unpaired) electrons. The molecule has 0 saturated heterocycles. The molecule has 4 nitrogen and oxygen atoms in total. The van der Waals surface area contributed by atoms with E-state index in [1.54, 1.807) is 23.1 Å².